The van der Waals surface area contributed by atoms with Gasteiger partial charge in [-0.3, -0.25) is 0 Å². The van der Waals surface area contributed by atoms with Gasteiger partial charge in [0.2, 0.25) is 0 Å². The highest BCUT2D eigenvalue weighted by Crippen LogP contribution is 2.31. The average Bonchev–Trinajstić information content (AvgIpc) is 2.47. The maximum atomic E-state index is 10.6. The Labute approximate surface area is 108 Å². The quantitative estimate of drug-likeness (QED) is 0.847. The molecular weight excluding hydrogens is 222 g/mol. The smallest absolute Gasteiger partial charge is 0.0836 e. The molecule has 18 heavy (non-hydrogen) atoms. The number of rotatable bonds is 2. The van der Waals surface area contributed by atoms with Crippen LogP contribution in [0.4, 0.5) is 0 Å². The second-order valence-electron chi connectivity index (χ2n) is 5.12. The van der Waals surface area contributed by atoms with Crippen molar-refractivity contribution < 1.29 is 5.11 Å². The van der Waals surface area contributed by atoms with Crippen molar-refractivity contribution in [1.29, 1.82) is 0 Å². The highest BCUT2D eigenvalue weighted by atomic mass is 16.3. The highest BCUT2D eigenvalue weighted by Gasteiger charge is 2.23. The number of nitrogens with one attached hydrogen (secondary N) is 1. The first kappa shape index (κ1) is 11.7. The molecule has 2 nitrogen and oxygen atoms in total. The van der Waals surface area contributed by atoms with E-state index in [1.807, 2.05) is 18.2 Å². The Hall–Kier alpha value is -1.38. The molecule has 1 aliphatic heterocycles. The summed E-state index contributed by atoms with van der Waals surface area (Å²) in [4.78, 5) is 0. The molecule has 1 aliphatic rings. The molecule has 2 aromatic rings. The van der Waals surface area contributed by atoms with Crippen molar-refractivity contribution in [2.45, 2.75) is 18.9 Å². The van der Waals surface area contributed by atoms with Gasteiger partial charge in [-0.05, 0) is 35.7 Å². The molecule has 0 radical (unpaired) electrons. The molecule has 0 saturated carbocycles. The monoisotopic (exact) mass is 241 g/mol. The van der Waals surface area contributed by atoms with Gasteiger partial charge in [0.1, 0.15) is 0 Å². The topological polar surface area (TPSA) is 32.3 Å². The molecule has 1 fully saturated rings. The van der Waals surface area contributed by atoms with E-state index in [2.05, 4.69) is 29.6 Å². The standard InChI is InChI=1S/C16H19NO/c18-16(13-7-4-10-17-11-13)15-9-3-6-12-5-1-2-8-14(12)15/h1-3,5-6,8-9,13,16-18H,4,7,10-11H2. The summed E-state index contributed by atoms with van der Waals surface area (Å²) >= 11 is 0. The van der Waals surface area contributed by atoms with Crippen LogP contribution in [0.2, 0.25) is 0 Å². The third-order valence-electron chi connectivity index (χ3n) is 3.92. The molecule has 0 bridgehead atoms. The second-order valence-corrected chi connectivity index (χ2v) is 5.12. The summed E-state index contributed by atoms with van der Waals surface area (Å²) < 4.78 is 0. The zero-order valence-corrected chi connectivity index (χ0v) is 10.5. The van der Waals surface area contributed by atoms with Crippen molar-refractivity contribution in [3.63, 3.8) is 0 Å². The third kappa shape index (κ3) is 2.14. The van der Waals surface area contributed by atoms with Crippen LogP contribution in [0.5, 0.6) is 0 Å². The Bertz CT molecular complexity index is 526. The lowest BCUT2D eigenvalue weighted by Gasteiger charge is -2.28. The Morgan fingerprint density at radius 1 is 1.11 bits per heavy atom. The van der Waals surface area contributed by atoms with E-state index in [0.717, 1.165) is 31.5 Å². The van der Waals surface area contributed by atoms with Crippen LogP contribution in [0.15, 0.2) is 42.5 Å². The number of aliphatic hydroxyl groups excluding tert-OH is 1. The Morgan fingerprint density at radius 3 is 2.78 bits per heavy atom. The summed E-state index contributed by atoms with van der Waals surface area (Å²) in [5.74, 6) is 0.338. The number of aliphatic hydroxyl groups is 1. The van der Waals surface area contributed by atoms with Crippen molar-refractivity contribution in [3.8, 4) is 0 Å². The summed E-state index contributed by atoms with van der Waals surface area (Å²) in [5.41, 5.74) is 1.07. The molecule has 2 heteroatoms. The fourth-order valence-electron chi connectivity index (χ4n) is 2.91. The van der Waals surface area contributed by atoms with Crippen LogP contribution in [0.25, 0.3) is 10.8 Å². The van der Waals surface area contributed by atoms with E-state index in [-0.39, 0.29) is 6.10 Å². The van der Waals surface area contributed by atoms with Crippen molar-refractivity contribution >= 4 is 10.8 Å². The Morgan fingerprint density at radius 2 is 1.94 bits per heavy atom. The number of hydrogen-bond donors (Lipinski definition) is 2. The van der Waals surface area contributed by atoms with Gasteiger partial charge >= 0.3 is 0 Å². The van der Waals surface area contributed by atoms with Crippen LogP contribution in [0, 0.1) is 5.92 Å². The van der Waals surface area contributed by atoms with Gasteiger partial charge in [0, 0.05) is 12.5 Å². The van der Waals surface area contributed by atoms with Gasteiger partial charge in [-0.25, -0.2) is 0 Å². The van der Waals surface area contributed by atoms with Gasteiger partial charge in [-0.2, -0.15) is 0 Å². The lowest BCUT2D eigenvalue weighted by Crippen LogP contribution is -2.33. The normalized spacial score (nSPS) is 21.9. The predicted molar refractivity (Wildman–Crippen MR) is 74.5 cm³/mol. The molecule has 1 heterocycles. The van der Waals surface area contributed by atoms with Gasteiger partial charge in [0.15, 0.2) is 0 Å². The molecule has 1 saturated heterocycles. The zero-order valence-electron chi connectivity index (χ0n) is 10.5. The molecule has 94 valence electrons. The van der Waals surface area contributed by atoms with Crippen LogP contribution in [0.1, 0.15) is 24.5 Å². The summed E-state index contributed by atoms with van der Waals surface area (Å²) in [5, 5.41) is 16.4. The van der Waals surface area contributed by atoms with Crippen LogP contribution in [-0.4, -0.2) is 18.2 Å². The van der Waals surface area contributed by atoms with Crippen molar-refractivity contribution in [2.75, 3.05) is 13.1 Å². The van der Waals surface area contributed by atoms with Crippen LogP contribution in [-0.2, 0) is 0 Å². The second kappa shape index (κ2) is 5.09. The Kier molecular flexibility index (Phi) is 3.31. The first-order valence-electron chi connectivity index (χ1n) is 6.73. The van der Waals surface area contributed by atoms with E-state index >= 15 is 0 Å². The molecule has 2 aromatic carbocycles. The summed E-state index contributed by atoms with van der Waals surface area (Å²) in [7, 11) is 0. The minimum atomic E-state index is -0.358. The van der Waals surface area contributed by atoms with E-state index < -0.39 is 0 Å². The van der Waals surface area contributed by atoms with Gasteiger partial charge in [-0.1, -0.05) is 42.5 Å². The van der Waals surface area contributed by atoms with Gasteiger partial charge < -0.3 is 10.4 Å². The highest BCUT2D eigenvalue weighted by molar-refractivity contribution is 5.85. The van der Waals surface area contributed by atoms with Crippen molar-refractivity contribution in [1.82, 2.24) is 5.32 Å². The minimum Gasteiger partial charge on any atom is -0.388 e. The summed E-state index contributed by atoms with van der Waals surface area (Å²) in [6.45, 7) is 2.00. The molecule has 2 atom stereocenters. The minimum absolute atomic E-state index is 0.338. The number of piperidine rings is 1. The molecular formula is C16H19NO. The van der Waals surface area contributed by atoms with Gasteiger partial charge in [0.05, 0.1) is 6.10 Å². The maximum Gasteiger partial charge on any atom is 0.0836 e. The zero-order chi connectivity index (χ0) is 12.4. The average molecular weight is 241 g/mol. The lowest BCUT2D eigenvalue weighted by atomic mass is 9.87. The van der Waals surface area contributed by atoms with Crippen LogP contribution in [0.3, 0.4) is 0 Å². The van der Waals surface area contributed by atoms with Crippen molar-refractivity contribution in [2.24, 2.45) is 5.92 Å². The van der Waals surface area contributed by atoms with Crippen LogP contribution >= 0.6 is 0 Å². The molecule has 2 unspecified atom stereocenters. The third-order valence-corrected chi connectivity index (χ3v) is 3.92. The molecule has 0 spiro atoms. The van der Waals surface area contributed by atoms with Crippen LogP contribution < -0.4 is 5.32 Å². The number of hydrogen-bond acceptors (Lipinski definition) is 2. The molecule has 0 aliphatic carbocycles. The lowest BCUT2D eigenvalue weighted by molar-refractivity contribution is 0.0934. The maximum absolute atomic E-state index is 10.6. The van der Waals surface area contributed by atoms with Gasteiger partial charge in [0.25, 0.3) is 0 Å². The van der Waals surface area contributed by atoms with E-state index in [0.29, 0.717) is 5.92 Å². The first-order valence-corrected chi connectivity index (χ1v) is 6.73. The van der Waals surface area contributed by atoms with E-state index in [1.54, 1.807) is 0 Å². The summed E-state index contributed by atoms with van der Waals surface area (Å²) in [6.07, 6.45) is 1.91. The molecule has 3 rings (SSSR count). The number of fused-ring (bicyclic) bond motifs is 1. The summed E-state index contributed by atoms with van der Waals surface area (Å²) in [6, 6.07) is 14.5. The fourth-order valence-corrected chi connectivity index (χ4v) is 2.91. The Balaban J connectivity index is 1.97. The first-order chi connectivity index (χ1) is 8.86. The van der Waals surface area contributed by atoms with Gasteiger partial charge in [-0.15, -0.1) is 0 Å². The predicted octanol–water partition coefficient (Wildman–Crippen LogP) is 2.87. The van der Waals surface area contributed by atoms with E-state index in [1.165, 1.54) is 10.8 Å². The SMILES string of the molecule is OC(c1cccc2ccccc12)C1CCCNC1. The van der Waals surface area contributed by atoms with Crippen molar-refractivity contribution in [3.05, 3.63) is 48.0 Å². The molecule has 0 aromatic heterocycles. The van der Waals surface area contributed by atoms with E-state index in [4.69, 9.17) is 0 Å². The number of benzene rings is 2. The fraction of sp³-hybridized carbons (Fsp3) is 0.375. The molecule has 0 amide bonds. The molecule has 2 N–H and O–H groups in total. The van der Waals surface area contributed by atoms with E-state index in [9.17, 15) is 5.11 Å². The largest absolute Gasteiger partial charge is 0.388 e.